The lowest BCUT2D eigenvalue weighted by molar-refractivity contribution is 0.475. The van der Waals surface area contributed by atoms with Gasteiger partial charge in [-0.1, -0.05) is 0 Å². The number of phenols is 1. The Hall–Kier alpha value is -1.23. The number of fused-ring (bicyclic) bond motifs is 1. The highest BCUT2D eigenvalue weighted by molar-refractivity contribution is 7.93. The van der Waals surface area contributed by atoms with Crippen LogP contribution in [0.4, 0.5) is 5.69 Å². The molecule has 3 rings (SSSR count). The number of rotatable bonds is 2. The fourth-order valence-electron chi connectivity index (χ4n) is 2.17. The molecule has 1 heterocycles. The average Bonchev–Trinajstić information content (AvgIpc) is 2.99. The first-order chi connectivity index (χ1) is 7.59. The maximum Gasteiger partial charge on any atom is 0.238 e. The van der Waals surface area contributed by atoms with Gasteiger partial charge < -0.3 is 5.11 Å². The Morgan fingerprint density at radius 2 is 2.06 bits per heavy atom. The van der Waals surface area contributed by atoms with Crippen molar-refractivity contribution in [2.75, 3.05) is 10.8 Å². The van der Waals surface area contributed by atoms with Crippen molar-refractivity contribution in [2.24, 2.45) is 0 Å². The standard InChI is InChI=1S/C11H13NO3S/c13-9-1-4-11-8(7-9)5-6-12(11)16(14,15)10-2-3-10/h1,4,7,10,13H,2-3,5-6H2. The highest BCUT2D eigenvalue weighted by Gasteiger charge is 2.42. The Kier molecular flexibility index (Phi) is 1.95. The van der Waals surface area contributed by atoms with Gasteiger partial charge in [0.25, 0.3) is 0 Å². The minimum atomic E-state index is -3.14. The molecule has 1 fully saturated rings. The van der Waals surface area contributed by atoms with Gasteiger partial charge in [0, 0.05) is 6.54 Å². The van der Waals surface area contributed by atoms with Gasteiger partial charge in [0.05, 0.1) is 10.9 Å². The van der Waals surface area contributed by atoms with E-state index in [1.165, 1.54) is 4.31 Å². The van der Waals surface area contributed by atoms with Gasteiger partial charge >= 0.3 is 0 Å². The second-order valence-corrected chi connectivity index (χ2v) is 6.52. The molecule has 0 bridgehead atoms. The number of phenolic OH excluding ortho intramolecular Hbond substituents is 1. The third-order valence-corrected chi connectivity index (χ3v) is 5.48. The summed E-state index contributed by atoms with van der Waals surface area (Å²) in [6, 6.07) is 4.88. The first-order valence-corrected chi connectivity index (χ1v) is 6.93. The molecular weight excluding hydrogens is 226 g/mol. The van der Waals surface area contributed by atoms with Gasteiger partial charge in [-0.3, -0.25) is 4.31 Å². The first-order valence-electron chi connectivity index (χ1n) is 5.42. The largest absolute Gasteiger partial charge is 0.508 e. The molecule has 4 nitrogen and oxygen atoms in total. The van der Waals surface area contributed by atoms with Crippen molar-refractivity contribution in [1.29, 1.82) is 0 Å². The number of sulfonamides is 1. The first kappa shape index (κ1) is 9.96. The highest BCUT2D eigenvalue weighted by atomic mass is 32.2. The molecule has 0 aromatic heterocycles. The minimum Gasteiger partial charge on any atom is -0.508 e. The highest BCUT2D eigenvalue weighted by Crippen LogP contribution is 2.38. The van der Waals surface area contributed by atoms with Crippen molar-refractivity contribution in [3.05, 3.63) is 23.8 Å². The minimum absolute atomic E-state index is 0.174. The van der Waals surface area contributed by atoms with Crippen LogP contribution >= 0.6 is 0 Å². The summed E-state index contributed by atoms with van der Waals surface area (Å²) in [5.41, 5.74) is 1.66. The van der Waals surface area contributed by atoms with Gasteiger partial charge in [-0.2, -0.15) is 0 Å². The van der Waals surface area contributed by atoms with Crippen LogP contribution in [-0.2, 0) is 16.4 Å². The summed E-state index contributed by atoms with van der Waals surface area (Å²) in [5.74, 6) is 0.199. The van der Waals surface area contributed by atoms with Crippen LogP contribution in [0.2, 0.25) is 0 Å². The van der Waals surface area contributed by atoms with Crippen molar-refractivity contribution in [3.8, 4) is 5.75 Å². The molecule has 1 aliphatic heterocycles. The second kappa shape index (κ2) is 3.13. The zero-order chi connectivity index (χ0) is 11.3. The van der Waals surface area contributed by atoms with Crippen molar-refractivity contribution < 1.29 is 13.5 Å². The molecule has 0 amide bonds. The van der Waals surface area contributed by atoms with Crippen LogP contribution in [-0.4, -0.2) is 25.3 Å². The van der Waals surface area contributed by atoms with E-state index in [1.807, 2.05) is 0 Å². The van der Waals surface area contributed by atoms with Gasteiger partial charge in [-0.15, -0.1) is 0 Å². The lowest BCUT2D eigenvalue weighted by Gasteiger charge is -2.19. The van der Waals surface area contributed by atoms with E-state index in [0.717, 1.165) is 24.1 Å². The lowest BCUT2D eigenvalue weighted by atomic mass is 10.1. The zero-order valence-corrected chi connectivity index (χ0v) is 9.57. The molecular formula is C11H13NO3S. The SMILES string of the molecule is O=S(=O)(C1CC1)N1CCc2cc(O)ccc21. The van der Waals surface area contributed by atoms with Crippen molar-refractivity contribution >= 4 is 15.7 Å². The number of nitrogens with zero attached hydrogens (tertiary/aromatic N) is 1. The van der Waals surface area contributed by atoms with Gasteiger partial charge in [-0.05, 0) is 43.0 Å². The molecule has 1 aliphatic carbocycles. The molecule has 0 saturated heterocycles. The zero-order valence-electron chi connectivity index (χ0n) is 8.76. The van der Waals surface area contributed by atoms with Crippen LogP contribution in [0.15, 0.2) is 18.2 Å². The van der Waals surface area contributed by atoms with E-state index in [2.05, 4.69) is 0 Å². The normalized spacial score (nSPS) is 19.9. The van der Waals surface area contributed by atoms with E-state index in [4.69, 9.17) is 0 Å². The van der Waals surface area contributed by atoms with Gasteiger partial charge in [-0.25, -0.2) is 8.42 Å². The topological polar surface area (TPSA) is 57.6 Å². The molecule has 1 aromatic carbocycles. The molecule has 5 heteroatoms. The van der Waals surface area contributed by atoms with E-state index >= 15 is 0 Å². The summed E-state index contributed by atoms with van der Waals surface area (Å²) < 4.78 is 25.7. The van der Waals surface area contributed by atoms with Crippen molar-refractivity contribution in [2.45, 2.75) is 24.5 Å². The monoisotopic (exact) mass is 239 g/mol. The van der Waals surface area contributed by atoms with Crippen LogP contribution in [0.3, 0.4) is 0 Å². The second-order valence-electron chi connectivity index (χ2n) is 4.38. The number of hydrogen-bond acceptors (Lipinski definition) is 3. The molecule has 2 aliphatic rings. The predicted octanol–water partition coefficient (Wildman–Crippen LogP) is 1.25. The maximum absolute atomic E-state index is 12.1. The summed E-state index contributed by atoms with van der Waals surface area (Å²) in [7, 11) is -3.14. The molecule has 0 radical (unpaired) electrons. The van der Waals surface area contributed by atoms with E-state index in [1.54, 1.807) is 18.2 Å². The number of hydrogen-bond donors (Lipinski definition) is 1. The van der Waals surface area contributed by atoms with Crippen LogP contribution in [0, 0.1) is 0 Å². The third kappa shape index (κ3) is 1.38. The van der Waals surface area contributed by atoms with E-state index < -0.39 is 10.0 Å². The summed E-state index contributed by atoms with van der Waals surface area (Å²) in [6.07, 6.45) is 2.26. The predicted molar refractivity (Wildman–Crippen MR) is 61.1 cm³/mol. The van der Waals surface area contributed by atoms with Crippen LogP contribution in [0.5, 0.6) is 5.75 Å². The summed E-state index contributed by atoms with van der Waals surface area (Å²) >= 11 is 0. The smallest absolute Gasteiger partial charge is 0.238 e. The molecule has 0 unspecified atom stereocenters. The Labute approximate surface area is 94.6 Å². The summed E-state index contributed by atoms with van der Waals surface area (Å²) in [4.78, 5) is 0. The van der Waals surface area contributed by atoms with E-state index in [9.17, 15) is 13.5 Å². The van der Waals surface area contributed by atoms with Crippen molar-refractivity contribution in [3.63, 3.8) is 0 Å². The third-order valence-electron chi connectivity index (χ3n) is 3.17. The number of benzene rings is 1. The Bertz CT molecular complexity index is 534. The fourth-order valence-corrected chi connectivity index (χ4v) is 4.06. The number of aromatic hydroxyl groups is 1. The lowest BCUT2D eigenvalue weighted by Crippen LogP contribution is -2.32. The molecule has 1 N–H and O–H groups in total. The van der Waals surface area contributed by atoms with Gasteiger partial charge in [0.15, 0.2) is 0 Å². The molecule has 16 heavy (non-hydrogen) atoms. The Morgan fingerprint density at radius 1 is 1.31 bits per heavy atom. The Morgan fingerprint density at radius 3 is 2.75 bits per heavy atom. The molecule has 0 atom stereocenters. The summed E-state index contributed by atoms with van der Waals surface area (Å²) in [5, 5.41) is 9.17. The van der Waals surface area contributed by atoms with Crippen LogP contribution in [0.25, 0.3) is 0 Å². The molecule has 0 spiro atoms. The quantitative estimate of drug-likeness (QED) is 0.845. The fraction of sp³-hybridized carbons (Fsp3) is 0.455. The van der Waals surface area contributed by atoms with E-state index in [0.29, 0.717) is 13.0 Å². The summed E-state index contributed by atoms with van der Waals surface area (Å²) in [6.45, 7) is 0.512. The van der Waals surface area contributed by atoms with Gasteiger partial charge in [0.1, 0.15) is 5.75 Å². The number of anilines is 1. The van der Waals surface area contributed by atoms with Gasteiger partial charge in [0.2, 0.25) is 10.0 Å². The Balaban J connectivity index is 2.03. The maximum atomic E-state index is 12.1. The van der Waals surface area contributed by atoms with Crippen molar-refractivity contribution in [1.82, 2.24) is 0 Å². The van der Waals surface area contributed by atoms with E-state index in [-0.39, 0.29) is 11.0 Å². The average molecular weight is 239 g/mol. The molecule has 86 valence electrons. The molecule has 1 saturated carbocycles. The van der Waals surface area contributed by atoms with Crippen LogP contribution in [0.1, 0.15) is 18.4 Å². The van der Waals surface area contributed by atoms with Crippen LogP contribution < -0.4 is 4.31 Å². The molecule has 1 aromatic rings.